The molecule has 0 spiro atoms. The molecule has 7 nitrogen and oxygen atoms in total. The van der Waals surface area contributed by atoms with Gasteiger partial charge in [0.15, 0.2) is 11.5 Å². The molecule has 1 saturated heterocycles. The highest BCUT2D eigenvalue weighted by Gasteiger charge is 2.30. The predicted octanol–water partition coefficient (Wildman–Crippen LogP) is 3.75. The Labute approximate surface area is 185 Å². The van der Waals surface area contributed by atoms with E-state index in [1.54, 1.807) is 12.1 Å². The summed E-state index contributed by atoms with van der Waals surface area (Å²) >= 11 is 0. The Balaban J connectivity index is 1.70. The Bertz CT molecular complexity index is 725. The number of piperazine rings is 1. The van der Waals surface area contributed by atoms with E-state index < -0.39 is 0 Å². The van der Waals surface area contributed by atoms with Crippen molar-refractivity contribution in [3.05, 3.63) is 17.7 Å². The van der Waals surface area contributed by atoms with E-state index in [1.807, 2.05) is 30.6 Å². The van der Waals surface area contributed by atoms with Crippen LogP contribution in [0.4, 0.5) is 0 Å². The zero-order valence-corrected chi connectivity index (χ0v) is 19.2. The molecule has 0 radical (unpaired) electrons. The zero-order chi connectivity index (χ0) is 22.2. The van der Waals surface area contributed by atoms with Crippen molar-refractivity contribution in [2.75, 3.05) is 46.0 Å². The molecule has 0 bridgehead atoms. The van der Waals surface area contributed by atoms with E-state index >= 15 is 0 Å². The molecule has 0 atom stereocenters. The minimum atomic E-state index is -0.0743. The molecule has 3 rings (SSSR count). The maximum atomic E-state index is 13.2. The van der Waals surface area contributed by atoms with Crippen LogP contribution in [0.1, 0.15) is 63.2 Å². The second-order valence-corrected chi connectivity index (χ2v) is 8.05. The van der Waals surface area contributed by atoms with Gasteiger partial charge in [0.1, 0.15) is 0 Å². The largest absolute Gasteiger partial charge is 0.490 e. The molecular formula is C24H36N2O5. The number of carbonyl (C=O) groups excluding carboxylic acids is 2. The van der Waals surface area contributed by atoms with Gasteiger partial charge in [-0.05, 0) is 45.7 Å². The number of amides is 2. The van der Waals surface area contributed by atoms with Gasteiger partial charge in [0.2, 0.25) is 11.7 Å². The summed E-state index contributed by atoms with van der Waals surface area (Å²) in [5, 5.41) is 0. The molecule has 2 aliphatic rings. The number of hydrogen-bond donors (Lipinski definition) is 0. The highest BCUT2D eigenvalue weighted by Crippen LogP contribution is 2.39. The highest BCUT2D eigenvalue weighted by atomic mass is 16.5. The molecule has 1 aromatic carbocycles. The first-order valence-corrected chi connectivity index (χ1v) is 11.7. The maximum Gasteiger partial charge on any atom is 0.254 e. The van der Waals surface area contributed by atoms with Crippen molar-refractivity contribution in [3.8, 4) is 17.2 Å². The molecule has 1 saturated carbocycles. The minimum absolute atomic E-state index is 0.0743. The Kier molecular flexibility index (Phi) is 8.43. The van der Waals surface area contributed by atoms with Crippen LogP contribution in [-0.4, -0.2) is 67.6 Å². The third kappa shape index (κ3) is 5.63. The van der Waals surface area contributed by atoms with Gasteiger partial charge in [0, 0.05) is 37.7 Å². The molecule has 0 aromatic heterocycles. The lowest BCUT2D eigenvalue weighted by Crippen LogP contribution is -2.52. The van der Waals surface area contributed by atoms with Crippen molar-refractivity contribution < 1.29 is 23.8 Å². The lowest BCUT2D eigenvalue weighted by molar-refractivity contribution is -0.138. The van der Waals surface area contributed by atoms with Crippen LogP contribution in [0, 0.1) is 5.92 Å². The summed E-state index contributed by atoms with van der Waals surface area (Å²) in [4.78, 5) is 29.8. The van der Waals surface area contributed by atoms with Crippen LogP contribution < -0.4 is 14.2 Å². The van der Waals surface area contributed by atoms with Crippen molar-refractivity contribution in [2.45, 2.75) is 52.9 Å². The molecule has 0 unspecified atom stereocenters. The number of benzene rings is 1. The van der Waals surface area contributed by atoms with Gasteiger partial charge in [-0.25, -0.2) is 0 Å². The summed E-state index contributed by atoms with van der Waals surface area (Å²) < 4.78 is 17.2. The topological polar surface area (TPSA) is 68.3 Å². The van der Waals surface area contributed by atoms with Gasteiger partial charge < -0.3 is 24.0 Å². The first-order valence-electron chi connectivity index (χ1n) is 11.7. The molecule has 1 heterocycles. The average Bonchev–Trinajstić information content (AvgIpc) is 2.81. The Hall–Kier alpha value is -2.44. The first kappa shape index (κ1) is 23.2. The van der Waals surface area contributed by atoms with E-state index in [1.165, 1.54) is 6.42 Å². The van der Waals surface area contributed by atoms with Crippen molar-refractivity contribution in [1.82, 2.24) is 9.80 Å². The minimum Gasteiger partial charge on any atom is -0.490 e. The SMILES string of the molecule is CCOc1cc(C(=O)N2CCN(C(=O)C3CCCCC3)CC2)cc(OCC)c1OCC. The second-order valence-electron chi connectivity index (χ2n) is 8.05. The average molecular weight is 433 g/mol. The van der Waals surface area contributed by atoms with Gasteiger partial charge in [0.25, 0.3) is 5.91 Å². The fourth-order valence-corrected chi connectivity index (χ4v) is 4.43. The Morgan fingerprint density at radius 2 is 1.32 bits per heavy atom. The van der Waals surface area contributed by atoms with E-state index in [9.17, 15) is 9.59 Å². The van der Waals surface area contributed by atoms with Crippen molar-refractivity contribution in [2.24, 2.45) is 5.92 Å². The molecule has 31 heavy (non-hydrogen) atoms. The zero-order valence-electron chi connectivity index (χ0n) is 19.2. The maximum absolute atomic E-state index is 13.2. The molecule has 1 aliphatic heterocycles. The van der Waals surface area contributed by atoms with Gasteiger partial charge in [-0.15, -0.1) is 0 Å². The summed E-state index contributed by atoms with van der Waals surface area (Å²) in [5.41, 5.74) is 0.516. The molecule has 1 aromatic rings. The van der Waals surface area contributed by atoms with E-state index in [0.29, 0.717) is 68.8 Å². The van der Waals surface area contributed by atoms with Crippen LogP contribution in [0.5, 0.6) is 17.2 Å². The lowest BCUT2D eigenvalue weighted by atomic mass is 9.88. The molecule has 172 valence electrons. The Morgan fingerprint density at radius 1 is 0.806 bits per heavy atom. The fraction of sp³-hybridized carbons (Fsp3) is 0.667. The Morgan fingerprint density at radius 3 is 1.84 bits per heavy atom. The summed E-state index contributed by atoms with van der Waals surface area (Å²) in [7, 11) is 0. The van der Waals surface area contributed by atoms with E-state index in [-0.39, 0.29) is 17.7 Å². The van der Waals surface area contributed by atoms with Crippen LogP contribution in [0.2, 0.25) is 0 Å². The van der Waals surface area contributed by atoms with E-state index in [4.69, 9.17) is 14.2 Å². The number of carbonyl (C=O) groups is 2. The van der Waals surface area contributed by atoms with Gasteiger partial charge in [0.05, 0.1) is 19.8 Å². The van der Waals surface area contributed by atoms with Crippen molar-refractivity contribution >= 4 is 11.8 Å². The number of nitrogens with zero attached hydrogens (tertiary/aromatic N) is 2. The summed E-state index contributed by atoms with van der Waals surface area (Å²) in [6.45, 7) is 9.36. The third-order valence-corrected chi connectivity index (χ3v) is 5.99. The number of ether oxygens (including phenoxy) is 3. The van der Waals surface area contributed by atoms with Crippen LogP contribution in [0.25, 0.3) is 0 Å². The second kappa shape index (κ2) is 11.3. The van der Waals surface area contributed by atoms with Crippen LogP contribution >= 0.6 is 0 Å². The normalized spacial score (nSPS) is 17.4. The molecular weight excluding hydrogens is 396 g/mol. The van der Waals surface area contributed by atoms with Crippen LogP contribution in [-0.2, 0) is 4.79 Å². The fourth-order valence-electron chi connectivity index (χ4n) is 4.43. The van der Waals surface area contributed by atoms with E-state index in [2.05, 4.69) is 0 Å². The summed E-state index contributed by atoms with van der Waals surface area (Å²) in [6.07, 6.45) is 5.55. The molecule has 1 aliphatic carbocycles. The van der Waals surface area contributed by atoms with Crippen molar-refractivity contribution in [3.63, 3.8) is 0 Å². The number of hydrogen-bond acceptors (Lipinski definition) is 5. The quantitative estimate of drug-likeness (QED) is 0.626. The third-order valence-electron chi connectivity index (χ3n) is 5.99. The summed E-state index contributed by atoms with van der Waals surface area (Å²) in [6, 6.07) is 3.47. The van der Waals surface area contributed by atoms with Crippen LogP contribution in [0.3, 0.4) is 0 Å². The standard InChI is InChI=1S/C24H36N2O5/c1-4-29-20-16-19(17-21(30-5-2)22(20)31-6-3)24(28)26-14-12-25(13-15-26)23(27)18-10-8-7-9-11-18/h16-18H,4-15H2,1-3H3. The molecule has 2 amide bonds. The van der Waals surface area contributed by atoms with E-state index in [0.717, 1.165) is 25.7 Å². The lowest BCUT2D eigenvalue weighted by Gasteiger charge is -2.37. The number of rotatable bonds is 8. The molecule has 7 heteroatoms. The molecule has 0 N–H and O–H groups in total. The van der Waals surface area contributed by atoms with Gasteiger partial charge in [-0.2, -0.15) is 0 Å². The predicted molar refractivity (Wildman–Crippen MR) is 119 cm³/mol. The van der Waals surface area contributed by atoms with Gasteiger partial charge in [-0.3, -0.25) is 9.59 Å². The van der Waals surface area contributed by atoms with Crippen LogP contribution in [0.15, 0.2) is 12.1 Å². The first-order chi connectivity index (χ1) is 15.1. The molecule has 2 fully saturated rings. The highest BCUT2D eigenvalue weighted by molar-refractivity contribution is 5.96. The summed E-state index contributed by atoms with van der Waals surface area (Å²) in [5.74, 6) is 1.93. The smallest absolute Gasteiger partial charge is 0.254 e. The van der Waals surface area contributed by atoms with Gasteiger partial charge in [-0.1, -0.05) is 19.3 Å². The van der Waals surface area contributed by atoms with Gasteiger partial charge >= 0.3 is 0 Å². The van der Waals surface area contributed by atoms with Crippen molar-refractivity contribution in [1.29, 1.82) is 0 Å². The monoisotopic (exact) mass is 432 g/mol.